The lowest BCUT2D eigenvalue weighted by Crippen LogP contribution is -2.44. The number of aliphatic carboxylic acids is 1. The molecule has 1 fully saturated rings. The first-order valence-corrected chi connectivity index (χ1v) is 6.91. The van der Waals surface area contributed by atoms with Crippen LogP contribution in [0.15, 0.2) is 0 Å². The Morgan fingerprint density at radius 1 is 1.42 bits per heavy atom. The Kier molecular flexibility index (Phi) is 6.62. The molecule has 1 aliphatic heterocycles. The molecule has 0 bridgehead atoms. The van der Waals surface area contributed by atoms with Crippen LogP contribution in [0.1, 0.15) is 32.1 Å². The van der Waals surface area contributed by atoms with Crippen molar-refractivity contribution in [3.05, 3.63) is 0 Å². The van der Waals surface area contributed by atoms with Crippen molar-refractivity contribution in [2.24, 2.45) is 0 Å². The average Bonchev–Trinajstić information content (AvgIpc) is 2.74. The fourth-order valence-electron chi connectivity index (χ4n) is 2.34. The number of urea groups is 1. The second kappa shape index (κ2) is 7.99. The summed E-state index contributed by atoms with van der Waals surface area (Å²) in [6.45, 7) is 2.39. The molecule has 1 saturated heterocycles. The summed E-state index contributed by atoms with van der Waals surface area (Å²) in [5.74, 6) is -0.785. The van der Waals surface area contributed by atoms with Gasteiger partial charge in [0.1, 0.15) is 0 Å². The van der Waals surface area contributed by atoms with Gasteiger partial charge in [-0.25, -0.2) is 4.79 Å². The van der Waals surface area contributed by atoms with E-state index in [0.717, 1.165) is 19.5 Å². The number of nitrogens with zero attached hydrogens (tertiary/aromatic N) is 2. The van der Waals surface area contributed by atoms with Gasteiger partial charge in [0.15, 0.2) is 0 Å². The fraction of sp³-hybridized carbons (Fsp3) is 0.846. The van der Waals surface area contributed by atoms with Gasteiger partial charge in [-0.15, -0.1) is 0 Å². The monoisotopic (exact) mass is 271 g/mol. The molecule has 0 aromatic carbocycles. The fourth-order valence-corrected chi connectivity index (χ4v) is 2.34. The van der Waals surface area contributed by atoms with Crippen molar-refractivity contribution in [1.82, 2.24) is 15.1 Å². The van der Waals surface area contributed by atoms with Crippen molar-refractivity contribution >= 4 is 12.0 Å². The van der Waals surface area contributed by atoms with E-state index in [-0.39, 0.29) is 12.5 Å². The van der Waals surface area contributed by atoms with E-state index < -0.39 is 5.97 Å². The predicted octanol–water partition coefficient (Wildman–Crippen LogP) is 0.977. The number of hydrogen-bond acceptors (Lipinski definition) is 3. The number of hydrogen-bond donors (Lipinski definition) is 2. The molecule has 1 unspecified atom stereocenters. The Labute approximate surface area is 114 Å². The van der Waals surface area contributed by atoms with E-state index >= 15 is 0 Å². The Morgan fingerprint density at radius 3 is 2.74 bits per heavy atom. The molecule has 6 heteroatoms. The Hall–Kier alpha value is -1.30. The van der Waals surface area contributed by atoms with Crippen LogP contribution in [0, 0.1) is 0 Å². The van der Waals surface area contributed by atoms with E-state index in [1.165, 1.54) is 6.42 Å². The summed E-state index contributed by atoms with van der Waals surface area (Å²) in [7, 11) is 3.90. The molecule has 2 amide bonds. The summed E-state index contributed by atoms with van der Waals surface area (Å²) in [6, 6.07) is 0.387. The summed E-state index contributed by atoms with van der Waals surface area (Å²) in [6.07, 6.45) is 3.82. The first-order chi connectivity index (χ1) is 9.00. The van der Waals surface area contributed by atoms with Crippen LogP contribution in [0.3, 0.4) is 0 Å². The number of carbonyl (C=O) groups excluding carboxylic acids is 1. The van der Waals surface area contributed by atoms with E-state index in [1.54, 1.807) is 11.9 Å². The van der Waals surface area contributed by atoms with Crippen LogP contribution in [-0.4, -0.2) is 66.7 Å². The van der Waals surface area contributed by atoms with Crippen LogP contribution in [0.2, 0.25) is 0 Å². The van der Waals surface area contributed by atoms with Gasteiger partial charge in [-0.3, -0.25) is 4.79 Å². The highest BCUT2D eigenvalue weighted by Gasteiger charge is 2.23. The second-order valence-electron chi connectivity index (χ2n) is 5.24. The molecule has 1 heterocycles. The third-order valence-corrected chi connectivity index (χ3v) is 3.60. The quantitative estimate of drug-likeness (QED) is 0.677. The number of carboxylic acid groups (broad SMARTS) is 1. The van der Waals surface area contributed by atoms with Gasteiger partial charge in [-0.05, 0) is 39.3 Å². The number of nitrogens with one attached hydrogen (secondary N) is 1. The molecule has 0 spiro atoms. The van der Waals surface area contributed by atoms with Gasteiger partial charge in [-0.1, -0.05) is 0 Å². The van der Waals surface area contributed by atoms with Crippen molar-refractivity contribution in [2.75, 3.05) is 33.7 Å². The first kappa shape index (κ1) is 15.8. The van der Waals surface area contributed by atoms with Crippen molar-refractivity contribution in [1.29, 1.82) is 0 Å². The van der Waals surface area contributed by atoms with E-state index in [4.69, 9.17) is 5.11 Å². The molecule has 2 N–H and O–H groups in total. The summed E-state index contributed by atoms with van der Waals surface area (Å²) in [5.41, 5.74) is 0. The molecule has 1 rings (SSSR count). The molecule has 1 aliphatic rings. The highest BCUT2D eigenvalue weighted by molar-refractivity contribution is 5.73. The molecule has 0 aromatic rings. The summed E-state index contributed by atoms with van der Waals surface area (Å²) >= 11 is 0. The summed E-state index contributed by atoms with van der Waals surface area (Å²) < 4.78 is 0. The van der Waals surface area contributed by atoms with E-state index in [1.807, 2.05) is 0 Å². The van der Waals surface area contributed by atoms with Crippen LogP contribution in [0.25, 0.3) is 0 Å². The number of unbranched alkanes of at least 4 members (excludes halogenated alkanes) is 1. The van der Waals surface area contributed by atoms with Gasteiger partial charge in [-0.2, -0.15) is 0 Å². The molecule has 0 aliphatic carbocycles. The zero-order valence-corrected chi connectivity index (χ0v) is 11.9. The minimum absolute atomic E-state index is 0.0735. The minimum Gasteiger partial charge on any atom is -0.481 e. The third kappa shape index (κ3) is 5.92. The number of likely N-dealkylation sites (N-methyl/N-ethyl adjacent to an activating group) is 2. The van der Waals surface area contributed by atoms with E-state index in [0.29, 0.717) is 25.4 Å². The lowest BCUT2D eigenvalue weighted by Gasteiger charge is -2.26. The first-order valence-electron chi connectivity index (χ1n) is 6.91. The Balaban J connectivity index is 2.12. The van der Waals surface area contributed by atoms with Gasteiger partial charge in [0.25, 0.3) is 0 Å². The largest absolute Gasteiger partial charge is 0.481 e. The van der Waals surface area contributed by atoms with Crippen LogP contribution in [0.5, 0.6) is 0 Å². The molecular weight excluding hydrogens is 246 g/mol. The zero-order valence-electron chi connectivity index (χ0n) is 11.9. The Morgan fingerprint density at radius 2 is 2.16 bits per heavy atom. The lowest BCUT2D eigenvalue weighted by molar-refractivity contribution is -0.137. The topological polar surface area (TPSA) is 72.9 Å². The molecule has 0 radical (unpaired) electrons. The van der Waals surface area contributed by atoms with Gasteiger partial charge >= 0.3 is 12.0 Å². The molecule has 0 aromatic heterocycles. The highest BCUT2D eigenvalue weighted by Crippen LogP contribution is 2.15. The van der Waals surface area contributed by atoms with Gasteiger partial charge < -0.3 is 20.2 Å². The predicted molar refractivity (Wildman–Crippen MR) is 73.2 cm³/mol. The molecule has 0 saturated carbocycles. The minimum atomic E-state index is -0.785. The lowest BCUT2D eigenvalue weighted by atomic mass is 10.2. The van der Waals surface area contributed by atoms with Crippen molar-refractivity contribution in [2.45, 2.75) is 38.1 Å². The second-order valence-corrected chi connectivity index (χ2v) is 5.24. The molecule has 1 atom stereocenters. The number of likely N-dealkylation sites (tertiary alicyclic amines) is 1. The van der Waals surface area contributed by atoms with Gasteiger partial charge in [0.05, 0.1) is 0 Å². The third-order valence-electron chi connectivity index (χ3n) is 3.60. The number of carbonyl (C=O) groups is 2. The van der Waals surface area contributed by atoms with Crippen molar-refractivity contribution in [3.63, 3.8) is 0 Å². The average molecular weight is 271 g/mol. The summed E-state index contributed by atoms with van der Waals surface area (Å²) in [5, 5.41) is 11.3. The maximum absolute atomic E-state index is 11.8. The van der Waals surface area contributed by atoms with Crippen LogP contribution >= 0.6 is 0 Å². The highest BCUT2D eigenvalue weighted by atomic mass is 16.4. The smallest absolute Gasteiger partial charge is 0.317 e. The van der Waals surface area contributed by atoms with Crippen LogP contribution in [-0.2, 0) is 4.79 Å². The van der Waals surface area contributed by atoms with Crippen LogP contribution in [0.4, 0.5) is 4.79 Å². The maximum Gasteiger partial charge on any atom is 0.317 e. The van der Waals surface area contributed by atoms with E-state index in [9.17, 15) is 9.59 Å². The zero-order chi connectivity index (χ0) is 14.3. The van der Waals surface area contributed by atoms with E-state index in [2.05, 4.69) is 17.3 Å². The molecule has 110 valence electrons. The number of rotatable bonds is 7. The van der Waals surface area contributed by atoms with Crippen molar-refractivity contribution < 1.29 is 14.7 Å². The number of carboxylic acids is 1. The SMILES string of the molecule is CN(CC1CCCN1C)C(=O)NCCCCC(=O)O. The standard InChI is InChI=1S/C13H25N3O3/c1-15-9-5-6-11(15)10-16(2)13(19)14-8-4-3-7-12(17)18/h11H,3-10H2,1-2H3,(H,14,19)(H,17,18). The van der Waals surface area contributed by atoms with Gasteiger partial charge in [0, 0.05) is 32.6 Å². The van der Waals surface area contributed by atoms with Crippen molar-refractivity contribution in [3.8, 4) is 0 Å². The molecule has 6 nitrogen and oxygen atoms in total. The Bertz CT molecular complexity index is 310. The molecular formula is C13H25N3O3. The van der Waals surface area contributed by atoms with Crippen LogP contribution < -0.4 is 5.32 Å². The normalized spacial score (nSPS) is 19.4. The summed E-state index contributed by atoms with van der Waals surface area (Å²) in [4.78, 5) is 26.1. The maximum atomic E-state index is 11.8. The molecule has 19 heavy (non-hydrogen) atoms. The van der Waals surface area contributed by atoms with Gasteiger partial charge in [0.2, 0.25) is 0 Å². The number of amides is 2.